The predicted octanol–water partition coefficient (Wildman–Crippen LogP) is 20.3. The third-order valence-electron chi connectivity index (χ3n) is 38.2. The van der Waals surface area contributed by atoms with Crippen molar-refractivity contribution in [1.82, 2.24) is 0 Å². The van der Waals surface area contributed by atoms with Gasteiger partial charge in [-0.1, -0.05) is 93.2 Å². The van der Waals surface area contributed by atoms with Gasteiger partial charge in [0, 0.05) is 91.4 Å². The number of carbonyl (C=O) groups excluding carboxylic acids is 11. The Morgan fingerprint density at radius 2 is 0.916 bits per heavy atom. The minimum absolute atomic E-state index is 0.00733. The summed E-state index contributed by atoms with van der Waals surface area (Å²) in [7, 11) is -3.43. The van der Waals surface area contributed by atoms with E-state index in [-0.39, 0.29) is 112 Å². The van der Waals surface area contributed by atoms with Crippen LogP contribution >= 0.6 is 0 Å². The van der Waals surface area contributed by atoms with Crippen molar-refractivity contribution in [2.24, 2.45) is 135 Å². The third kappa shape index (κ3) is 20.2. The molecule has 0 aromatic rings. The second-order valence-corrected chi connectivity index (χ2v) is 49.0. The van der Waals surface area contributed by atoms with Crippen LogP contribution in [-0.4, -0.2) is 164 Å². The minimum atomic E-state index is -4.62. The highest BCUT2D eigenvalue weighted by Crippen LogP contribution is 2.73. The van der Waals surface area contributed by atoms with E-state index in [1.165, 1.54) is 142 Å². The van der Waals surface area contributed by atoms with E-state index in [1.54, 1.807) is 48.5 Å². The molecule has 0 radical (unpaired) electrons. The van der Waals surface area contributed by atoms with Crippen LogP contribution in [0.1, 0.15) is 301 Å². The molecule has 4 heterocycles. The summed E-state index contributed by atoms with van der Waals surface area (Å²) in [4.78, 5) is 127. The first-order valence-corrected chi connectivity index (χ1v) is 54.4. The number of alkyl halides is 3. The van der Waals surface area contributed by atoms with E-state index >= 15 is 0 Å². The highest BCUT2D eigenvalue weighted by molar-refractivity contribution is 7.87. The number of halogens is 3. The minimum Gasteiger partial charge on any atom is -0.458 e. The quantitative estimate of drug-likeness (QED) is 0.0301. The van der Waals surface area contributed by atoms with Gasteiger partial charge < -0.3 is 56.8 Å². The van der Waals surface area contributed by atoms with E-state index in [9.17, 15) is 79.6 Å². The van der Waals surface area contributed by atoms with Gasteiger partial charge in [0.05, 0.1) is 11.3 Å². The summed E-state index contributed by atoms with van der Waals surface area (Å²) in [6, 6.07) is 2.11. The van der Waals surface area contributed by atoms with Crippen LogP contribution < -0.4 is 0 Å². The van der Waals surface area contributed by atoms with Gasteiger partial charge in [-0.15, -0.1) is 0 Å². The van der Waals surface area contributed by atoms with E-state index < -0.39 is 124 Å². The molecule has 24 fully saturated rings. The lowest BCUT2D eigenvalue weighted by molar-refractivity contribution is -0.231. The predicted molar refractivity (Wildman–Crippen MR) is 516 cm³/mol. The number of nitriles is 1. The molecule has 23 atom stereocenters. The summed E-state index contributed by atoms with van der Waals surface area (Å²) < 4.78 is 132. The zero-order valence-corrected chi connectivity index (χ0v) is 86.7. The van der Waals surface area contributed by atoms with Gasteiger partial charge in [-0.3, -0.25) is 13.8 Å². The molecule has 24 aliphatic rings. The Bertz CT molecular complexity index is 5170. The Hall–Kier alpha value is -8.92. The Balaban J connectivity index is 0.000000124. The average molecular weight is 2020 g/mol. The number of fused-ring (bicyclic) bond motifs is 12. The van der Waals surface area contributed by atoms with Crippen LogP contribution in [0.15, 0.2) is 97.2 Å². The molecular formula is C112H152F3NO26S. The smallest absolute Gasteiger partial charge is 0.458 e. The number of rotatable bonds is 23. The van der Waals surface area contributed by atoms with Crippen LogP contribution in [0.3, 0.4) is 0 Å². The van der Waals surface area contributed by atoms with E-state index in [0.717, 1.165) is 117 Å². The summed E-state index contributed by atoms with van der Waals surface area (Å²) in [5, 5.41) is 8.84. The molecule has 31 heteroatoms. The first-order valence-electron chi connectivity index (χ1n) is 53.0. The molecule has 0 aromatic carbocycles. The maximum atomic E-state index is 13.2. The van der Waals surface area contributed by atoms with Crippen LogP contribution in [0, 0.1) is 146 Å². The summed E-state index contributed by atoms with van der Waals surface area (Å²) in [6.07, 6.45) is 28.0. The van der Waals surface area contributed by atoms with Crippen molar-refractivity contribution in [1.29, 1.82) is 5.26 Å². The van der Waals surface area contributed by atoms with Crippen molar-refractivity contribution < 1.29 is 135 Å². The number of hydrogen-bond donors (Lipinski definition) is 0. The summed E-state index contributed by atoms with van der Waals surface area (Å²) in [5.41, 5.74) is -0.576. The maximum absolute atomic E-state index is 13.2. The van der Waals surface area contributed by atoms with Gasteiger partial charge in [-0.05, 0) is 338 Å². The lowest BCUT2D eigenvalue weighted by Crippen LogP contribution is -2.62. The molecule has 0 aromatic heterocycles. The van der Waals surface area contributed by atoms with Crippen molar-refractivity contribution in [3.63, 3.8) is 0 Å². The lowest BCUT2D eigenvalue weighted by Gasteiger charge is -2.63. The van der Waals surface area contributed by atoms with Crippen LogP contribution in [-0.2, 0) is 119 Å². The number of carbonyl (C=O) groups is 11. The van der Waals surface area contributed by atoms with Crippen molar-refractivity contribution >= 4 is 76.0 Å². The van der Waals surface area contributed by atoms with Crippen LogP contribution in [0.5, 0.6) is 0 Å². The van der Waals surface area contributed by atoms with Crippen molar-refractivity contribution in [2.45, 2.75) is 378 Å². The zero-order valence-electron chi connectivity index (χ0n) is 85.9. The monoisotopic (exact) mass is 2020 g/mol. The molecule has 20 aliphatic carbocycles. The van der Waals surface area contributed by atoms with Crippen molar-refractivity contribution in [2.75, 3.05) is 13.2 Å². The standard InChI is InChI=1S/C19H28O2.C19H30O2.C18H26O2.C13H13F3O4.C13H13NO4.C11H14O5S.C11H18O2.C8H10O5/c1-12(2)18(20)21-19(15-5-3-4-6-15)16-8-13-7-14(10-16)11-17(19)9-13;1-5-19(6-2,21-17(20)13(3)4)18-10-14-7-15(11-18)9-16(8-14)12-18;1-4-18(20-17(19)10(2)3)9-13-8-14(18)16-12-6-5-11(7-12)15(13)16;1-5(2)10(17)19-8-6-3-7-9(8)20-11(18)12(7,4-6)13(14,15)16;1-6(2)11(15)17-9-7-3-8-10(9)18-12(16)13(8,4-7)5-14;1-5(2)11(12)15-9-6-3-7-8(4-6)17(13,14)16-10(7)9;1-4-11(7-5-6-8-11)13-10(12)9(2)3;1-5(2)7(9)11-3-6-4-12-8(10)13-6/h13-17H,1,3-11H2,2H3;14-16H,3,5-12H2,1-2,4H3;11-16H,2,4-9H2,1,3H3;6-9H,1,3-4H2,2H3;7-10H,1,3-4H2,2H3;6-10H,1,3-4H2,2H3;2,4-8H2,1,3H3;6H,1,3-4H2,2H3. The number of cyclic esters (lactones) is 2. The second-order valence-electron chi connectivity index (χ2n) is 47.2. The average Bonchev–Trinajstić information content (AvgIpc) is 1.53. The molecule has 143 heavy (non-hydrogen) atoms. The lowest BCUT2D eigenvalue weighted by atomic mass is 9.44. The van der Waals surface area contributed by atoms with Crippen molar-refractivity contribution in [3.8, 4) is 6.07 Å². The Morgan fingerprint density at radius 3 is 1.40 bits per heavy atom. The van der Waals surface area contributed by atoms with Crippen LogP contribution in [0.25, 0.3) is 0 Å². The first-order chi connectivity index (χ1) is 67.3. The van der Waals surface area contributed by atoms with Crippen LogP contribution in [0.4, 0.5) is 18.0 Å². The summed E-state index contributed by atoms with van der Waals surface area (Å²) in [6.45, 7) is 50.8. The Labute approximate surface area is 841 Å². The van der Waals surface area contributed by atoms with Crippen LogP contribution in [0.2, 0.25) is 0 Å². The van der Waals surface area contributed by atoms with Gasteiger partial charge in [0.2, 0.25) is 0 Å². The Morgan fingerprint density at radius 1 is 0.448 bits per heavy atom. The van der Waals surface area contributed by atoms with Gasteiger partial charge >= 0.3 is 72.0 Å². The normalized spacial score (nSPS) is 39.6. The summed E-state index contributed by atoms with van der Waals surface area (Å²) in [5.74, 6) is 5.81. The van der Waals surface area contributed by atoms with E-state index in [2.05, 4.69) is 95.9 Å². The Kier molecular flexibility index (Phi) is 31.5. The second kappa shape index (κ2) is 41.7. The van der Waals surface area contributed by atoms with E-state index in [1.807, 2.05) is 0 Å². The van der Waals surface area contributed by atoms with E-state index in [0.29, 0.717) is 75.5 Å². The fourth-order valence-electron chi connectivity index (χ4n) is 32.3. The largest absolute Gasteiger partial charge is 0.508 e. The summed E-state index contributed by atoms with van der Waals surface area (Å²) >= 11 is 0. The fourth-order valence-corrected chi connectivity index (χ4v) is 34.2. The highest BCUT2D eigenvalue weighted by Gasteiger charge is 2.81. The molecule has 4 saturated heterocycles. The first kappa shape index (κ1) is 108. The zero-order chi connectivity index (χ0) is 104. The number of hydrogen-bond acceptors (Lipinski definition) is 27. The molecular weight excluding hydrogens is 1860 g/mol. The maximum Gasteiger partial charge on any atom is 0.508 e. The van der Waals surface area contributed by atoms with Gasteiger partial charge in [-0.2, -0.15) is 26.9 Å². The molecule has 23 unspecified atom stereocenters. The molecule has 20 saturated carbocycles. The van der Waals surface area contributed by atoms with E-state index in [4.69, 9.17) is 51.6 Å². The molecule has 4 aliphatic heterocycles. The number of nitrogens with zero attached hydrogens (tertiary/aromatic N) is 1. The SMILES string of the molecule is C=C(C)C(=O)OC(CC)(CC)C12CC3CC(CC(C3)C1)C2.C=C(C)C(=O)OC1(C2CCCC2)C2CC3CC(C2)CC1C3.C=C(C)C(=O)OC1(CC)CC2CC1C1C3CCC(C3)C21.C=C(C)C(=O)OC1(CC)CCCC1.C=C(C)C(=O)OC1C2CC3C1OC(=O)C3(C#N)C2.C=C(C)C(=O)OC1C2CC3C1OC(=O)C3(C(F)(F)F)C2.C=C(C)C(=O)OC1C2CC3C1OS(=O)(=O)C3C2.C=C(C)C(=O)OCC1COC(=O)O1. The number of esters is 10. The molecule has 0 N–H and O–H groups in total. The molecule has 24 rings (SSSR count). The van der Waals surface area contributed by atoms with Gasteiger partial charge in [0.15, 0.2) is 16.9 Å². The van der Waals surface area contributed by atoms with Gasteiger partial charge in [-0.25, -0.2) is 43.2 Å². The molecule has 0 spiro atoms. The highest BCUT2D eigenvalue weighted by atomic mass is 32.2. The molecule has 0 amide bonds. The third-order valence-corrected chi connectivity index (χ3v) is 40.0. The molecule has 788 valence electrons. The van der Waals surface area contributed by atoms with Gasteiger partial charge in [0.1, 0.15) is 72.2 Å². The van der Waals surface area contributed by atoms with Crippen molar-refractivity contribution in [3.05, 3.63) is 97.2 Å². The fraction of sp³-hybridized carbons (Fsp3) is 0.750. The molecule has 27 nitrogen and oxygen atoms in total. The molecule has 18 bridgehead atoms. The topological polar surface area (TPSA) is 366 Å². The number of ether oxygens (including phenoxy) is 12. The van der Waals surface area contributed by atoms with Gasteiger partial charge in [0.25, 0.3) is 10.1 Å².